The summed E-state index contributed by atoms with van der Waals surface area (Å²) in [6.45, 7) is 1.98. The number of aryl methyl sites for hydroxylation is 2. The van der Waals surface area contributed by atoms with Crippen molar-refractivity contribution in [2.75, 3.05) is 5.32 Å². The molecule has 0 bridgehead atoms. The van der Waals surface area contributed by atoms with Gasteiger partial charge in [0, 0.05) is 16.3 Å². The SMILES string of the molecule is CC[C@H](Oc1ccc2c(c1)CCCC2)C(=O)Nc1ccc(CSc2ccccc2)cc1. The van der Waals surface area contributed by atoms with E-state index >= 15 is 0 Å². The first kappa shape index (κ1) is 21.5. The molecule has 0 unspecified atom stereocenters. The normalized spacial score (nSPS) is 13.8. The summed E-state index contributed by atoms with van der Waals surface area (Å²) in [6.07, 6.45) is 4.85. The average molecular weight is 432 g/mol. The number of nitrogens with one attached hydrogen (secondary N) is 1. The predicted molar refractivity (Wildman–Crippen MR) is 129 cm³/mol. The molecule has 0 saturated heterocycles. The highest BCUT2D eigenvalue weighted by molar-refractivity contribution is 7.98. The molecule has 0 heterocycles. The van der Waals surface area contributed by atoms with Gasteiger partial charge in [-0.05, 0) is 85.2 Å². The van der Waals surface area contributed by atoms with E-state index in [-0.39, 0.29) is 5.91 Å². The number of anilines is 1. The number of thioether (sulfide) groups is 1. The summed E-state index contributed by atoms with van der Waals surface area (Å²) in [7, 11) is 0. The number of benzene rings is 3. The molecule has 160 valence electrons. The minimum Gasteiger partial charge on any atom is -0.481 e. The van der Waals surface area contributed by atoms with Crippen LogP contribution in [-0.2, 0) is 23.4 Å². The zero-order valence-electron chi connectivity index (χ0n) is 18.0. The molecule has 1 amide bonds. The van der Waals surface area contributed by atoms with Gasteiger partial charge in [-0.2, -0.15) is 0 Å². The minimum absolute atomic E-state index is 0.105. The van der Waals surface area contributed by atoms with E-state index < -0.39 is 6.10 Å². The third-order valence-electron chi connectivity index (χ3n) is 5.63. The maximum Gasteiger partial charge on any atom is 0.265 e. The Morgan fingerprint density at radius 1 is 0.968 bits per heavy atom. The molecule has 4 heteroatoms. The van der Waals surface area contributed by atoms with Crippen LogP contribution < -0.4 is 10.1 Å². The maximum absolute atomic E-state index is 12.8. The molecule has 0 radical (unpaired) electrons. The highest BCUT2D eigenvalue weighted by Crippen LogP contribution is 2.27. The molecule has 0 aromatic heterocycles. The van der Waals surface area contributed by atoms with Crippen molar-refractivity contribution < 1.29 is 9.53 Å². The topological polar surface area (TPSA) is 38.3 Å². The molecule has 31 heavy (non-hydrogen) atoms. The van der Waals surface area contributed by atoms with Crippen LogP contribution in [0.5, 0.6) is 5.75 Å². The maximum atomic E-state index is 12.8. The number of amides is 1. The van der Waals surface area contributed by atoms with Crippen LogP contribution in [0.2, 0.25) is 0 Å². The summed E-state index contributed by atoms with van der Waals surface area (Å²) in [5, 5.41) is 3.01. The van der Waals surface area contributed by atoms with Crippen LogP contribution in [0, 0.1) is 0 Å². The van der Waals surface area contributed by atoms with E-state index in [1.807, 2.05) is 31.2 Å². The lowest BCUT2D eigenvalue weighted by Crippen LogP contribution is -2.32. The number of ether oxygens (including phenoxy) is 1. The molecule has 1 aliphatic rings. The van der Waals surface area contributed by atoms with Crippen molar-refractivity contribution in [1.82, 2.24) is 0 Å². The fourth-order valence-electron chi connectivity index (χ4n) is 3.86. The standard InChI is InChI=1S/C27H29NO2S/c1-2-26(30-24-17-14-21-8-6-7-9-22(21)18-24)27(29)28-23-15-12-20(13-16-23)19-31-25-10-4-3-5-11-25/h3-5,10-18,26H,2,6-9,19H2,1H3,(H,28,29)/t26-/m0/s1. The van der Waals surface area contributed by atoms with Gasteiger partial charge in [0.05, 0.1) is 0 Å². The van der Waals surface area contributed by atoms with Crippen molar-refractivity contribution >= 4 is 23.4 Å². The molecule has 3 aromatic rings. The highest BCUT2D eigenvalue weighted by Gasteiger charge is 2.19. The summed E-state index contributed by atoms with van der Waals surface area (Å²) in [6, 6.07) is 24.7. The number of fused-ring (bicyclic) bond motifs is 1. The van der Waals surface area contributed by atoms with Crippen molar-refractivity contribution in [1.29, 1.82) is 0 Å². The molecule has 3 aromatic carbocycles. The Kier molecular flexibility index (Phi) is 7.31. The van der Waals surface area contributed by atoms with Gasteiger partial charge in [-0.25, -0.2) is 0 Å². The van der Waals surface area contributed by atoms with Crippen LogP contribution in [0.25, 0.3) is 0 Å². The Morgan fingerprint density at radius 3 is 2.45 bits per heavy atom. The molecule has 0 spiro atoms. The second-order valence-electron chi connectivity index (χ2n) is 7.94. The van der Waals surface area contributed by atoms with E-state index in [1.165, 1.54) is 34.4 Å². The quantitative estimate of drug-likeness (QED) is 0.406. The highest BCUT2D eigenvalue weighted by atomic mass is 32.2. The van der Waals surface area contributed by atoms with E-state index in [1.54, 1.807) is 11.8 Å². The first-order valence-electron chi connectivity index (χ1n) is 11.1. The number of rotatable bonds is 8. The van der Waals surface area contributed by atoms with Crippen LogP contribution in [0.4, 0.5) is 5.69 Å². The van der Waals surface area contributed by atoms with Gasteiger partial charge in [-0.3, -0.25) is 4.79 Å². The first-order chi connectivity index (χ1) is 15.2. The van der Waals surface area contributed by atoms with Gasteiger partial charge in [-0.1, -0.05) is 43.3 Å². The van der Waals surface area contributed by atoms with Crippen molar-refractivity contribution in [3.05, 3.63) is 89.5 Å². The number of hydrogen-bond donors (Lipinski definition) is 1. The van der Waals surface area contributed by atoms with Crippen LogP contribution in [-0.4, -0.2) is 12.0 Å². The molecule has 0 fully saturated rings. The van der Waals surface area contributed by atoms with Gasteiger partial charge in [0.1, 0.15) is 5.75 Å². The zero-order chi connectivity index (χ0) is 21.5. The van der Waals surface area contributed by atoms with E-state index in [4.69, 9.17) is 4.74 Å². The summed E-state index contributed by atoms with van der Waals surface area (Å²) in [5.41, 5.74) is 4.81. The Labute approximate surface area is 189 Å². The van der Waals surface area contributed by atoms with Gasteiger partial charge in [0.15, 0.2) is 6.10 Å². The van der Waals surface area contributed by atoms with Crippen molar-refractivity contribution in [2.45, 2.75) is 55.8 Å². The smallest absolute Gasteiger partial charge is 0.265 e. The van der Waals surface area contributed by atoms with E-state index in [9.17, 15) is 4.79 Å². The average Bonchev–Trinajstić information content (AvgIpc) is 2.82. The van der Waals surface area contributed by atoms with E-state index in [0.29, 0.717) is 6.42 Å². The van der Waals surface area contributed by atoms with E-state index in [2.05, 4.69) is 53.8 Å². The zero-order valence-corrected chi connectivity index (χ0v) is 18.8. The molecule has 0 aliphatic heterocycles. The Balaban J connectivity index is 1.33. The number of carbonyl (C=O) groups excluding carboxylic acids is 1. The molecule has 1 N–H and O–H groups in total. The second kappa shape index (κ2) is 10.5. The largest absolute Gasteiger partial charge is 0.481 e. The summed E-state index contributed by atoms with van der Waals surface area (Å²) in [5.74, 6) is 1.58. The van der Waals surface area contributed by atoms with Crippen LogP contribution in [0.1, 0.15) is 42.9 Å². The Morgan fingerprint density at radius 2 is 1.71 bits per heavy atom. The first-order valence-corrected chi connectivity index (χ1v) is 12.1. The lowest BCUT2D eigenvalue weighted by atomic mass is 9.92. The third kappa shape index (κ3) is 5.92. The van der Waals surface area contributed by atoms with Gasteiger partial charge in [0.2, 0.25) is 0 Å². The lowest BCUT2D eigenvalue weighted by molar-refractivity contribution is -0.122. The van der Waals surface area contributed by atoms with Crippen LogP contribution >= 0.6 is 11.8 Å². The molecule has 1 atom stereocenters. The molecule has 1 aliphatic carbocycles. The van der Waals surface area contributed by atoms with Gasteiger partial charge < -0.3 is 10.1 Å². The van der Waals surface area contributed by atoms with Crippen molar-refractivity contribution in [3.63, 3.8) is 0 Å². The Hall–Kier alpha value is -2.72. The van der Waals surface area contributed by atoms with Gasteiger partial charge >= 0.3 is 0 Å². The van der Waals surface area contributed by atoms with Crippen molar-refractivity contribution in [2.24, 2.45) is 0 Å². The molecule has 3 nitrogen and oxygen atoms in total. The lowest BCUT2D eigenvalue weighted by Gasteiger charge is -2.20. The monoisotopic (exact) mass is 431 g/mol. The Bertz CT molecular complexity index is 1000. The van der Waals surface area contributed by atoms with Crippen molar-refractivity contribution in [3.8, 4) is 5.75 Å². The molecule has 0 saturated carbocycles. The minimum atomic E-state index is -0.505. The number of hydrogen-bond acceptors (Lipinski definition) is 3. The van der Waals surface area contributed by atoms with Gasteiger partial charge in [-0.15, -0.1) is 11.8 Å². The summed E-state index contributed by atoms with van der Waals surface area (Å²) < 4.78 is 6.06. The second-order valence-corrected chi connectivity index (χ2v) is 8.99. The van der Waals surface area contributed by atoms with Crippen LogP contribution in [0.3, 0.4) is 0 Å². The predicted octanol–water partition coefficient (Wildman–Crippen LogP) is 6.65. The summed E-state index contributed by atoms with van der Waals surface area (Å²) >= 11 is 1.81. The molecular formula is C27H29NO2S. The summed E-state index contributed by atoms with van der Waals surface area (Å²) in [4.78, 5) is 14.0. The third-order valence-corrected chi connectivity index (χ3v) is 6.71. The van der Waals surface area contributed by atoms with Crippen LogP contribution in [0.15, 0.2) is 77.7 Å². The molecular weight excluding hydrogens is 402 g/mol. The fourth-order valence-corrected chi connectivity index (χ4v) is 4.74. The number of carbonyl (C=O) groups is 1. The van der Waals surface area contributed by atoms with E-state index in [0.717, 1.165) is 30.0 Å². The molecule has 4 rings (SSSR count). The van der Waals surface area contributed by atoms with Gasteiger partial charge in [0.25, 0.3) is 5.91 Å². The fraction of sp³-hybridized carbons (Fsp3) is 0.296.